The third kappa shape index (κ3) is 3.93. The minimum atomic E-state index is -1.34. The summed E-state index contributed by atoms with van der Waals surface area (Å²) < 4.78 is 0. The highest BCUT2D eigenvalue weighted by Gasteiger charge is 2.30. The van der Waals surface area contributed by atoms with Crippen LogP contribution in [0.5, 0.6) is 0 Å². The van der Waals surface area contributed by atoms with Crippen LogP contribution in [0.4, 0.5) is 0 Å². The van der Waals surface area contributed by atoms with Crippen molar-refractivity contribution in [1.82, 2.24) is 6.15 Å². The molecule has 0 bridgehead atoms. The van der Waals surface area contributed by atoms with E-state index in [2.05, 4.69) is 71.8 Å². The minimum Gasteiger partial charge on any atom is -0.344 e. The van der Waals surface area contributed by atoms with Crippen LogP contribution in [0.1, 0.15) is 25.0 Å². The van der Waals surface area contributed by atoms with Gasteiger partial charge in [0.2, 0.25) is 0 Å². The number of allylic oxidation sites excluding steroid dienone is 1. The van der Waals surface area contributed by atoms with E-state index in [1.807, 2.05) is 0 Å². The molecule has 20 heavy (non-hydrogen) atoms. The van der Waals surface area contributed by atoms with Crippen LogP contribution in [0.25, 0.3) is 5.57 Å². The lowest BCUT2D eigenvalue weighted by Crippen LogP contribution is -2.58. The number of rotatable bonds is 4. The van der Waals surface area contributed by atoms with Crippen molar-refractivity contribution in [2.75, 3.05) is 0 Å². The Morgan fingerprint density at radius 3 is 1.80 bits per heavy atom. The molecule has 1 aromatic carbocycles. The molecule has 0 aliphatic carbocycles. The fraction of sp³-hybridized carbons (Fsp3) is 0.529. The predicted octanol–water partition coefficient (Wildman–Crippen LogP) is 4.53. The van der Waals surface area contributed by atoms with Gasteiger partial charge in [0.25, 0.3) is 0 Å². The molecule has 0 saturated heterocycles. The summed E-state index contributed by atoms with van der Waals surface area (Å²) in [6, 6.07) is 4.72. The van der Waals surface area contributed by atoms with Crippen molar-refractivity contribution < 1.29 is 0 Å². The fourth-order valence-electron chi connectivity index (χ4n) is 2.90. The molecule has 0 spiro atoms. The number of hydrogen-bond donors (Lipinski definition) is 1. The van der Waals surface area contributed by atoms with E-state index in [9.17, 15) is 0 Å². The normalized spacial score (nSPS) is 12.0. The van der Waals surface area contributed by atoms with E-state index in [0.29, 0.717) is 0 Å². The van der Waals surface area contributed by atoms with Crippen molar-refractivity contribution in [2.45, 2.75) is 59.6 Å². The monoisotopic (exact) mass is 307 g/mol. The van der Waals surface area contributed by atoms with Gasteiger partial charge >= 0.3 is 0 Å². The van der Waals surface area contributed by atoms with Gasteiger partial charge in [-0.15, -0.1) is 0 Å². The molecule has 0 amide bonds. The largest absolute Gasteiger partial charge is 0.344 e. The van der Waals surface area contributed by atoms with E-state index >= 15 is 0 Å². The van der Waals surface area contributed by atoms with Gasteiger partial charge in [0.1, 0.15) is 0 Å². The zero-order chi connectivity index (χ0) is 15.0. The molecule has 0 saturated carbocycles. The zero-order valence-electron chi connectivity index (χ0n) is 14.8. The molecule has 0 atom stereocenters. The first-order chi connectivity index (χ1) is 8.50. The maximum absolute atomic E-state index is 4.18. The zero-order valence-corrected chi connectivity index (χ0v) is 16.8. The fourth-order valence-corrected chi connectivity index (χ4v) is 8.74. The molecule has 114 valence electrons. The molecule has 0 heterocycles. The SMILES string of the molecule is C=C(C)c1ccc([Si](C)(C)C)c([Si](C)(C)C)c1CC.N. The summed E-state index contributed by atoms with van der Waals surface area (Å²) in [7, 11) is -2.62. The van der Waals surface area contributed by atoms with Crippen LogP contribution >= 0.6 is 0 Å². The van der Waals surface area contributed by atoms with Crippen molar-refractivity contribution in [3.63, 3.8) is 0 Å². The second-order valence-electron chi connectivity index (χ2n) is 7.65. The maximum atomic E-state index is 4.18. The molecule has 0 unspecified atom stereocenters. The topological polar surface area (TPSA) is 35.0 Å². The van der Waals surface area contributed by atoms with Gasteiger partial charge in [0.15, 0.2) is 0 Å². The van der Waals surface area contributed by atoms with Crippen molar-refractivity contribution in [3.05, 3.63) is 29.8 Å². The van der Waals surface area contributed by atoms with Crippen molar-refractivity contribution in [3.8, 4) is 0 Å². The molecule has 3 heteroatoms. The Hall–Kier alpha value is -0.646. The lowest BCUT2D eigenvalue weighted by molar-refractivity contribution is 1.14. The molecule has 3 N–H and O–H groups in total. The smallest absolute Gasteiger partial charge is 0.0778 e. The molecular formula is C17H33NSi2. The van der Waals surface area contributed by atoms with Gasteiger partial charge in [-0.2, -0.15) is 0 Å². The van der Waals surface area contributed by atoms with Gasteiger partial charge in [-0.3, -0.25) is 0 Å². The first-order valence-electron chi connectivity index (χ1n) is 7.32. The summed E-state index contributed by atoms with van der Waals surface area (Å²) in [6.45, 7) is 23.4. The molecule has 1 rings (SSSR count). The summed E-state index contributed by atoms with van der Waals surface area (Å²) in [6.07, 6.45) is 1.13. The molecule has 1 aromatic rings. The van der Waals surface area contributed by atoms with Gasteiger partial charge in [-0.1, -0.05) is 80.9 Å². The van der Waals surface area contributed by atoms with Crippen LogP contribution in [0.15, 0.2) is 18.7 Å². The first kappa shape index (κ1) is 19.4. The molecule has 0 aliphatic rings. The van der Waals surface area contributed by atoms with Crippen molar-refractivity contribution >= 4 is 32.1 Å². The highest BCUT2D eigenvalue weighted by Crippen LogP contribution is 2.20. The highest BCUT2D eigenvalue weighted by atomic mass is 28.3. The van der Waals surface area contributed by atoms with Crippen LogP contribution in [0.2, 0.25) is 39.3 Å². The van der Waals surface area contributed by atoms with E-state index in [1.165, 1.54) is 11.1 Å². The molecule has 0 radical (unpaired) electrons. The molecule has 1 nitrogen and oxygen atoms in total. The molecule has 0 aromatic heterocycles. The van der Waals surface area contributed by atoms with Crippen LogP contribution in [0, 0.1) is 0 Å². The molecular weight excluding hydrogens is 274 g/mol. The summed E-state index contributed by atoms with van der Waals surface area (Å²) in [5.41, 5.74) is 4.17. The number of benzene rings is 1. The minimum absolute atomic E-state index is 0. The molecule has 0 aliphatic heterocycles. The lowest BCUT2D eigenvalue weighted by atomic mass is 10.00. The average molecular weight is 308 g/mol. The second kappa shape index (κ2) is 6.41. The van der Waals surface area contributed by atoms with Gasteiger partial charge in [0, 0.05) is 0 Å². The van der Waals surface area contributed by atoms with Crippen LogP contribution in [-0.2, 0) is 6.42 Å². The van der Waals surface area contributed by atoms with Crippen molar-refractivity contribution in [1.29, 1.82) is 0 Å². The Morgan fingerprint density at radius 2 is 1.50 bits per heavy atom. The quantitative estimate of drug-likeness (QED) is 0.815. The summed E-state index contributed by atoms with van der Waals surface area (Å²) in [5, 5.41) is 3.39. The van der Waals surface area contributed by atoms with E-state index < -0.39 is 16.1 Å². The van der Waals surface area contributed by atoms with E-state index in [1.54, 1.807) is 15.9 Å². The Morgan fingerprint density at radius 1 is 1.00 bits per heavy atom. The summed E-state index contributed by atoms with van der Waals surface area (Å²) in [5.74, 6) is 0. The van der Waals surface area contributed by atoms with E-state index in [4.69, 9.17) is 0 Å². The summed E-state index contributed by atoms with van der Waals surface area (Å²) in [4.78, 5) is 0. The van der Waals surface area contributed by atoms with Crippen LogP contribution < -0.4 is 16.5 Å². The Labute approximate surface area is 128 Å². The average Bonchev–Trinajstić information content (AvgIpc) is 2.24. The molecule has 0 fully saturated rings. The third-order valence-electron chi connectivity index (χ3n) is 3.68. The Kier molecular flexibility index (Phi) is 6.21. The Balaban J connectivity index is 0.00000361. The van der Waals surface area contributed by atoms with Crippen molar-refractivity contribution in [2.24, 2.45) is 0 Å². The van der Waals surface area contributed by atoms with E-state index in [0.717, 1.165) is 6.42 Å². The van der Waals surface area contributed by atoms with Gasteiger partial charge in [0.05, 0.1) is 16.1 Å². The second-order valence-corrected chi connectivity index (χ2v) is 17.7. The van der Waals surface area contributed by atoms with Crippen LogP contribution in [0.3, 0.4) is 0 Å². The first-order valence-corrected chi connectivity index (χ1v) is 14.3. The highest BCUT2D eigenvalue weighted by molar-refractivity contribution is 6.98. The Bertz CT molecular complexity index is 491. The van der Waals surface area contributed by atoms with Gasteiger partial charge < -0.3 is 6.15 Å². The van der Waals surface area contributed by atoms with Gasteiger partial charge in [-0.05, 0) is 24.5 Å². The maximum Gasteiger partial charge on any atom is 0.0778 e. The van der Waals surface area contributed by atoms with Crippen LogP contribution in [-0.4, -0.2) is 16.1 Å². The van der Waals surface area contributed by atoms with Gasteiger partial charge in [-0.25, -0.2) is 0 Å². The predicted molar refractivity (Wildman–Crippen MR) is 102 cm³/mol. The number of hydrogen-bond acceptors (Lipinski definition) is 1. The van der Waals surface area contributed by atoms with E-state index in [-0.39, 0.29) is 6.15 Å². The third-order valence-corrected chi connectivity index (χ3v) is 8.04. The summed E-state index contributed by atoms with van der Waals surface area (Å²) >= 11 is 0. The standard InChI is InChI=1S/C17H30Si2.H3N/c1-10-14-15(13(2)3)11-12-16(18(4,5)6)17(14)19(7,8)9;/h11-12H,2,10H2,1,3-9H3;1H3. The lowest BCUT2D eigenvalue weighted by Gasteiger charge is -2.32.